The number of hydrogen-bond acceptors (Lipinski definition) is 0. The van der Waals surface area contributed by atoms with Gasteiger partial charge in [-0.05, 0) is 49.0 Å². The molecule has 0 nitrogen and oxygen atoms in total. The van der Waals surface area contributed by atoms with Crippen LogP contribution in [0.2, 0.25) is 0 Å². The molecule has 0 amide bonds. The van der Waals surface area contributed by atoms with Crippen LogP contribution in [0, 0.1) is 0 Å². The Morgan fingerprint density at radius 3 is 1.35 bits per heavy atom. The number of rotatable bonds is 5. The smallest absolute Gasteiger partial charge is 0.0231 e. The maximum Gasteiger partial charge on any atom is -0.0231 e. The highest BCUT2D eigenvalue weighted by atomic mass is 14.0. The van der Waals surface area contributed by atoms with E-state index in [2.05, 4.69) is 86.7 Å². The molecular formula is C20H22. The van der Waals surface area contributed by atoms with Crippen molar-refractivity contribution in [2.45, 2.75) is 26.7 Å². The van der Waals surface area contributed by atoms with Gasteiger partial charge in [0, 0.05) is 0 Å². The van der Waals surface area contributed by atoms with E-state index in [0.717, 1.165) is 12.8 Å². The second-order valence-electron chi connectivity index (χ2n) is 5.08. The van der Waals surface area contributed by atoms with Gasteiger partial charge in [0.05, 0.1) is 0 Å². The Morgan fingerprint density at radius 2 is 1.00 bits per heavy atom. The van der Waals surface area contributed by atoms with Crippen molar-refractivity contribution in [1.29, 1.82) is 0 Å². The van der Waals surface area contributed by atoms with Crippen LogP contribution in [-0.4, -0.2) is 0 Å². The molecule has 0 radical (unpaired) electrons. The Kier molecular flexibility index (Phi) is 5.37. The first-order valence-electron chi connectivity index (χ1n) is 7.22. The Bertz CT molecular complexity index is 518. The summed E-state index contributed by atoms with van der Waals surface area (Å²) in [5.74, 6) is 0. The van der Waals surface area contributed by atoms with Gasteiger partial charge < -0.3 is 0 Å². The molecule has 102 valence electrons. The largest absolute Gasteiger partial charge is 0.0807 e. The van der Waals surface area contributed by atoms with Crippen molar-refractivity contribution < 1.29 is 0 Å². The van der Waals surface area contributed by atoms with Crippen molar-refractivity contribution in [2.24, 2.45) is 0 Å². The van der Waals surface area contributed by atoms with E-state index >= 15 is 0 Å². The van der Waals surface area contributed by atoms with Gasteiger partial charge in [0.25, 0.3) is 0 Å². The van der Waals surface area contributed by atoms with Crippen LogP contribution in [0.4, 0.5) is 0 Å². The van der Waals surface area contributed by atoms with Crippen molar-refractivity contribution in [3.63, 3.8) is 0 Å². The minimum Gasteiger partial charge on any atom is -0.0807 e. The molecule has 0 saturated carbocycles. The molecular weight excluding hydrogens is 240 g/mol. The van der Waals surface area contributed by atoms with E-state index in [1.165, 1.54) is 22.3 Å². The van der Waals surface area contributed by atoms with Crippen LogP contribution < -0.4 is 0 Å². The van der Waals surface area contributed by atoms with Crippen molar-refractivity contribution in [1.82, 2.24) is 0 Å². The second-order valence-corrected chi connectivity index (χ2v) is 5.08. The predicted octanol–water partition coefficient (Wildman–Crippen LogP) is 5.97. The van der Waals surface area contributed by atoms with Gasteiger partial charge in [-0.3, -0.25) is 0 Å². The summed E-state index contributed by atoms with van der Waals surface area (Å²) in [6.07, 6.45) is 6.82. The van der Waals surface area contributed by atoms with Crippen LogP contribution >= 0.6 is 0 Å². The molecule has 0 bridgehead atoms. The van der Waals surface area contributed by atoms with Crippen molar-refractivity contribution in [3.8, 4) is 0 Å². The van der Waals surface area contributed by atoms with Crippen LogP contribution in [0.15, 0.2) is 72.8 Å². The zero-order valence-corrected chi connectivity index (χ0v) is 12.3. The predicted molar refractivity (Wildman–Crippen MR) is 89.4 cm³/mol. The van der Waals surface area contributed by atoms with E-state index in [-0.39, 0.29) is 0 Å². The third-order valence-corrected chi connectivity index (χ3v) is 3.53. The number of hydrogen-bond donors (Lipinski definition) is 0. The zero-order valence-electron chi connectivity index (χ0n) is 12.3. The van der Waals surface area contributed by atoms with Gasteiger partial charge in [0.2, 0.25) is 0 Å². The molecule has 2 aromatic carbocycles. The lowest BCUT2D eigenvalue weighted by Gasteiger charge is -2.02. The lowest BCUT2D eigenvalue weighted by molar-refractivity contribution is 1.05. The van der Waals surface area contributed by atoms with Gasteiger partial charge in [0.1, 0.15) is 0 Å². The quantitative estimate of drug-likeness (QED) is 0.582. The summed E-state index contributed by atoms with van der Waals surface area (Å²) in [6.45, 7) is 4.37. The van der Waals surface area contributed by atoms with Gasteiger partial charge in [-0.2, -0.15) is 0 Å². The first-order chi connectivity index (χ1) is 9.77. The van der Waals surface area contributed by atoms with Gasteiger partial charge in [-0.1, -0.05) is 72.8 Å². The van der Waals surface area contributed by atoms with Crippen molar-refractivity contribution in [3.05, 3.63) is 83.9 Å². The summed E-state index contributed by atoms with van der Waals surface area (Å²) < 4.78 is 0. The summed E-state index contributed by atoms with van der Waals surface area (Å²) >= 11 is 0. The topological polar surface area (TPSA) is 0 Å². The Balaban J connectivity index is 1.90. The highest BCUT2D eigenvalue weighted by Gasteiger charge is 1.94. The molecule has 20 heavy (non-hydrogen) atoms. The summed E-state index contributed by atoms with van der Waals surface area (Å²) in [4.78, 5) is 0. The summed E-state index contributed by atoms with van der Waals surface area (Å²) in [5, 5.41) is 0. The second kappa shape index (κ2) is 7.49. The van der Waals surface area contributed by atoms with Crippen LogP contribution in [0.3, 0.4) is 0 Å². The summed E-state index contributed by atoms with van der Waals surface area (Å²) in [5.41, 5.74) is 5.35. The average Bonchev–Trinajstić information content (AvgIpc) is 2.53. The molecule has 0 heteroatoms. The zero-order chi connectivity index (χ0) is 14.2. The van der Waals surface area contributed by atoms with E-state index in [4.69, 9.17) is 0 Å². The fraction of sp³-hybridized carbons (Fsp3) is 0.200. The van der Waals surface area contributed by atoms with Crippen LogP contribution in [0.1, 0.15) is 37.8 Å². The van der Waals surface area contributed by atoms with Crippen LogP contribution in [0.25, 0.3) is 11.1 Å². The Hall–Kier alpha value is -2.08. The minimum atomic E-state index is 1.09. The Labute approximate surface area is 122 Å². The summed E-state index contributed by atoms with van der Waals surface area (Å²) in [7, 11) is 0. The van der Waals surface area contributed by atoms with Crippen molar-refractivity contribution >= 4 is 11.1 Å². The molecule has 0 aliphatic rings. The van der Waals surface area contributed by atoms with Gasteiger partial charge in [-0.15, -0.1) is 0 Å². The van der Waals surface area contributed by atoms with E-state index in [1.807, 2.05) is 0 Å². The van der Waals surface area contributed by atoms with E-state index in [9.17, 15) is 0 Å². The Morgan fingerprint density at radius 1 is 0.650 bits per heavy atom. The first kappa shape index (κ1) is 14.3. The average molecular weight is 262 g/mol. The molecule has 0 saturated heterocycles. The maximum atomic E-state index is 2.32. The molecule has 0 atom stereocenters. The minimum absolute atomic E-state index is 1.09. The molecule has 0 aromatic heterocycles. The van der Waals surface area contributed by atoms with E-state index in [0.29, 0.717) is 0 Å². The van der Waals surface area contributed by atoms with E-state index in [1.54, 1.807) is 0 Å². The van der Waals surface area contributed by atoms with Crippen molar-refractivity contribution in [2.75, 3.05) is 0 Å². The standard InChI is InChI=1S/C20H22/c1-17(19-13-5-3-6-14-19)11-9-10-12-18(2)20-15-7-4-8-16-20/h3-8,11-16H,9-10H2,1-2H3. The lowest BCUT2D eigenvalue weighted by Crippen LogP contribution is -1.80. The molecule has 0 aliphatic carbocycles. The molecule has 0 N–H and O–H groups in total. The monoisotopic (exact) mass is 262 g/mol. The van der Waals surface area contributed by atoms with Crippen LogP contribution in [0.5, 0.6) is 0 Å². The van der Waals surface area contributed by atoms with Gasteiger partial charge >= 0.3 is 0 Å². The fourth-order valence-corrected chi connectivity index (χ4v) is 2.24. The first-order valence-corrected chi connectivity index (χ1v) is 7.22. The number of benzene rings is 2. The normalized spacial score (nSPS) is 12.5. The highest BCUT2D eigenvalue weighted by molar-refractivity contribution is 5.64. The number of unbranched alkanes of at least 4 members (excludes halogenated alkanes) is 1. The maximum absolute atomic E-state index is 2.32. The molecule has 2 rings (SSSR count). The lowest BCUT2D eigenvalue weighted by atomic mass is 10.0. The third kappa shape index (κ3) is 4.24. The molecule has 0 aliphatic heterocycles. The third-order valence-electron chi connectivity index (χ3n) is 3.53. The van der Waals surface area contributed by atoms with Gasteiger partial charge in [-0.25, -0.2) is 0 Å². The van der Waals surface area contributed by atoms with Gasteiger partial charge in [0.15, 0.2) is 0 Å². The molecule has 0 fully saturated rings. The van der Waals surface area contributed by atoms with Crippen LogP contribution in [-0.2, 0) is 0 Å². The SMILES string of the molecule is CC(=CCCC=C(C)c1ccccc1)c1ccccc1. The molecule has 0 heterocycles. The molecule has 0 spiro atoms. The number of allylic oxidation sites excluding steroid dienone is 4. The summed E-state index contributed by atoms with van der Waals surface area (Å²) in [6, 6.07) is 21.1. The fourth-order valence-electron chi connectivity index (χ4n) is 2.24. The molecule has 2 aromatic rings. The van der Waals surface area contributed by atoms with E-state index < -0.39 is 0 Å². The highest BCUT2D eigenvalue weighted by Crippen LogP contribution is 2.17. The molecule has 0 unspecified atom stereocenters.